The van der Waals surface area contributed by atoms with Gasteiger partial charge in [-0.3, -0.25) is 9.59 Å². The topological polar surface area (TPSA) is 37.4 Å². The van der Waals surface area contributed by atoms with Crippen LogP contribution in [0.15, 0.2) is 30.3 Å². The molecule has 3 heteroatoms. The van der Waals surface area contributed by atoms with E-state index in [1.807, 2.05) is 30.3 Å². The maximum atomic E-state index is 11.7. The normalized spacial score (nSPS) is 19.7. The Morgan fingerprint density at radius 2 is 2.06 bits per heavy atom. The van der Waals surface area contributed by atoms with Crippen LogP contribution in [0, 0.1) is 0 Å². The standard InChI is InChI=1S/C14H17NO2/c1-11(16)13-7-8-14(17)15(13)10-9-12-5-3-2-4-6-12/h2-6,13H,7-10H2,1H3/t13-/m0/s1. The Hall–Kier alpha value is -1.64. The molecule has 17 heavy (non-hydrogen) atoms. The summed E-state index contributed by atoms with van der Waals surface area (Å²) < 4.78 is 0. The van der Waals surface area contributed by atoms with Crippen LogP contribution in [0.3, 0.4) is 0 Å². The molecule has 1 heterocycles. The van der Waals surface area contributed by atoms with Crippen LogP contribution in [0.25, 0.3) is 0 Å². The van der Waals surface area contributed by atoms with E-state index in [9.17, 15) is 9.59 Å². The van der Waals surface area contributed by atoms with Crippen molar-refractivity contribution in [1.82, 2.24) is 4.90 Å². The van der Waals surface area contributed by atoms with E-state index in [4.69, 9.17) is 0 Å². The van der Waals surface area contributed by atoms with Gasteiger partial charge in [-0.05, 0) is 25.3 Å². The van der Waals surface area contributed by atoms with Crippen molar-refractivity contribution in [1.29, 1.82) is 0 Å². The summed E-state index contributed by atoms with van der Waals surface area (Å²) in [6.45, 7) is 2.21. The molecule has 3 nitrogen and oxygen atoms in total. The minimum Gasteiger partial charge on any atom is -0.332 e. The monoisotopic (exact) mass is 231 g/mol. The zero-order chi connectivity index (χ0) is 12.3. The highest BCUT2D eigenvalue weighted by atomic mass is 16.2. The molecular formula is C14H17NO2. The van der Waals surface area contributed by atoms with Crippen LogP contribution >= 0.6 is 0 Å². The predicted molar refractivity (Wildman–Crippen MR) is 65.6 cm³/mol. The van der Waals surface area contributed by atoms with E-state index in [0.29, 0.717) is 19.4 Å². The third-order valence-electron chi connectivity index (χ3n) is 3.28. The number of ketones is 1. The lowest BCUT2D eigenvalue weighted by molar-refractivity contribution is -0.133. The molecule has 90 valence electrons. The van der Waals surface area contributed by atoms with Gasteiger partial charge in [0, 0.05) is 13.0 Å². The van der Waals surface area contributed by atoms with Crippen LogP contribution in [0.5, 0.6) is 0 Å². The lowest BCUT2D eigenvalue weighted by Gasteiger charge is -2.22. The van der Waals surface area contributed by atoms with Gasteiger partial charge in [-0.15, -0.1) is 0 Å². The Bertz CT molecular complexity index is 413. The van der Waals surface area contributed by atoms with Crippen LogP contribution in [0.4, 0.5) is 0 Å². The number of benzene rings is 1. The van der Waals surface area contributed by atoms with E-state index in [-0.39, 0.29) is 17.7 Å². The lowest BCUT2D eigenvalue weighted by atomic mass is 10.1. The van der Waals surface area contributed by atoms with Gasteiger partial charge < -0.3 is 4.90 Å². The number of rotatable bonds is 4. The predicted octanol–water partition coefficient (Wildman–Crippen LogP) is 1.81. The van der Waals surface area contributed by atoms with Gasteiger partial charge in [-0.25, -0.2) is 0 Å². The van der Waals surface area contributed by atoms with Gasteiger partial charge in [0.2, 0.25) is 5.91 Å². The average Bonchev–Trinajstić information content (AvgIpc) is 2.69. The third-order valence-corrected chi connectivity index (χ3v) is 3.28. The highest BCUT2D eigenvalue weighted by Gasteiger charge is 2.33. The Morgan fingerprint density at radius 1 is 1.35 bits per heavy atom. The van der Waals surface area contributed by atoms with Crippen molar-refractivity contribution in [3.05, 3.63) is 35.9 Å². The number of Topliss-reactive ketones (excluding diaryl/α,β-unsaturated/α-hetero) is 1. The molecule has 0 aliphatic carbocycles. The Labute approximate surface area is 101 Å². The highest BCUT2D eigenvalue weighted by Crippen LogP contribution is 2.19. The van der Waals surface area contributed by atoms with Gasteiger partial charge in [-0.1, -0.05) is 30.3 Å². The van der Waals surface area contributed by atoms with Gasteiger partial charge in [0.15, 0.2) is 5.78 Å². The van der Waals surface area contributed by atoms with Crippen LogP contribution in [0.2, 0.25) is 0 Å². The van der Waals surface area contributed by atoms with Gasteiger partial charge in [0.05, 0.1) is 6.04 Å². The molecule has 1 aromatic carbocycles. The first-order valence-corrected chi connectivity index (χ1v) is 6.02. The lowest BCUT2D eigenvalue weighted by Crippen LogP contribution is -2.38. The smallest absolute Gasteiger partial charge is 0.223 e. The SMILES string of the molecule is CC(=O)[C@@H]1CCC(=O)N1CCc1ccccc1. The molecule has 0 spiro atoms. The largest absolute Gasteiger partial charge is 0.332 e. The van der Waals surface area contributed by atoms with Crippen LogP contribution in [-0.4, -0.2) is 29.2 Å². The van der Waals surface area contributed by atoms with Crippen molar-refractivity contribution in [3.8, 4) is 0 Å². The fourth-order valence-electron chi connectivity index (χ4n) is 2.33. The molecule has 1 amide bonds. The molecule has 0 bridgehead atoms. The molecule has 1 aliphatic heterocycles. The molecule has 1 atom stereocenters. The second-order valence-corrected chi connectivity index (χ2v) is 4.49. The van der Waals surface area contributed by atoms with Gasteiger partial charge in [0.25, 0.3) is 0 Å². The molecule has 1 fully saturated rings. The number of likely N-dealkylation sites (tertiary alicyclic amines) is 1. The summed E-state index contributed by atoms with van der Waals surface area (Å²) in [5.74, 6) is 0.213. The number of nitrogens with zero attached hydrogens (tertiary/aromatic N) is 1. The number of carbonyl (C=O) groups is 2. The average molecular weight is 231 g/mol. The molecule has 2 rings (SSSR count). The minimum absolute atomic E-state index is 0.101. The third kappa shape index (κ3) is 2.73. The van der Waals surface area contributed by atoms with E-state index >= 15 is 0 Å². The molecule has 0 unspecified atom stereocenters. The van der Waals surface area contributed by atoms with E-state index in [0.717, 1.165) is 6.42 Å². The van der Waals surface area contributed by atoms with Crippen molar-refractivity contribution >= 4 is 11.7 Å². The second kappa shape index (κ2) is 5.13. The molecule has 0 aromatic heterocycles. The van der Waals surface area contributed by atoms with Crippen LogP contribution in [-0.2, 0) is 16.0 Å². The quantitative estimate of drug-likeness (QED) is 0.792. The summed E-state index contributed by atoms with van der Waals surface area (Å²) >= 11 is 0. The molecule has 1 aliphatic rings. The Kier molecular flexibility index (Phi) is 3.57. The van der Waals surface area contributed by atoms with Crippen LogP contribution in [0.1, 0.15) is 25.3 Å². The molecule has 0 saturated carbocycles. The highest BCUT2D eigenvalue weighted by molar-refractivity contribution is 5.90. The number of hydrogen-bond acceptors (Lipinski definition) is 2. The summed E-state index contributed by atoms with van der Waals surface area (Å²) in [5.41, 5.74) is 1.20. The van der Waals surface area contributed by atoms with Gasteiger partial charge >= 0.3 is 0 Å². The summed E-state index contributed by atoms with van der Waals surface area (Å²) in [6.07, 6.45) is 2.01. The van der Waals surface area contributed by atoms with Gasteiger partial charge in [0.1, 0.15) is 0 Å². The van der Waals surface area contributed by atoms with E-state index in [1.54, 1.807) is 11.8 Å². The van der Waals surface area contributed by atoms with Crippen molar-refractivity contribution in [2.24, 2.45) is 0 Å². The fourth-order valence-corrected chi connectivity index (χ4v) is 2.33. The van der Waals surface area contributed by atoms with Crippen molar-refractivity contribution in [2.75, 3.05) is 6.54 Å². The van der Waals surface area contributed by atoms with Gasteiger partial charge in [-0.2, -0.15) is 0 Å². The van der Waals surface area contributed by atoms with E-state index in [1.165, 1.54) is 5.56 Å². The van der Waals surface area contributed by atoms with E-state index in [2.05, 4.69) is 0 Å². The zero-order valence-corrected chi connectivity index (χ0v) is 10.1. The second-order valence-electron chi connectivity index (χ2n) is 4.49. The summed E-state index contributed by atoms with van der Waals surface area (Å²) in [4.78, 5) is 24.8. The zero-order valence-electron chi connectivity index (χ0n) is 10.1. The number of hydrogen-bond donors (Lipinski definition) is 0. The summed E-state index contributed by atoms with van der Waals surface area (Å²) in [6, 6.07) is 9.86. The Morgan fingerprint density at radius 3 is 2.71 bits per heavy atom. The molecule has 0 N–H and O–H groups in total. The van der Waals surface area contributed by atoms with Crippen molar-refractivity contribution in [3.63, 3.8) is 0 Å². The summed E-state index contributed by atoms with van der Waals surface area (Å²) in [7, 11) is 0. The molecule has 1 aromatic rings. The minimum atomic E-state index is -0.189. The first kappa shape index (κ1) is 11.8. The number of amides is 1. The first-order valence-electron chi connectivity index (χ1n) is 6.02. The molecular weight excluding hydrogens is 214 g/mol. The number of carbonyl (C=O) groups excluding carboxylic acids is 2. The first-order chi connectivity index (χ1) is 8.18. The van der Waals surface area contributed by atoms with Crippen molar-refractivity contribution in [2.45, 2.75) is 32.2 Å². The maximum Gasteiger partial charge on any atom is 0.223 e. The summed E-state index contributed by atoms with van der Waals surface area (Å²) in [5, 5.41) is 0. The van der Waals surface area contributed by atoms with Crippen LogP contribution < -0.4 is 0 Å². The van der Waals surface area contributed by atoms with E-state index < -0.39 is 0 Å². The maximum absolute atomic E-state index is 11.7. The molecule has 0 radical (unpaired) electrons. The molecule has 1 saturated heterocycles. The fraction of sp³-hybridized carbons (Fsp3) is 0.429. The van der Waals surface area contributed by atoms with Crippen molar-refractivity contribution < 1.29 is 9.59 Å². The Balaban J connectivity index is 1.98.